The summed E-state index contributed by atoms with van der Waals surface area (Å²) < 4.78 is 15.0. The molecule has 5 heteroatoms. The second-order valence-electron chi connectivity index (χ2n) is 3.79. The highest BCUT2D eigenvalue weighted by Gasteiger charge is 2.37. The van der Waals surface area contributed by atoms with E-state index in [2.05, 4.69) is 0 Å². The zero-order valence-corrected chi connectivity index (χ0v) is 10.8. The van der Waals surface area contributed by atoms with E-state index in [0.717, 1.165) is 0 Å². The number of ether oxygens (including phenoxy) is 2. The van der Waals surface area contributed by atoms with E-state index in [0.29, 0.717) is 5.76 Å². The Morgan fingerprint density at radius 3 is 2.17 bits per heavy atom. The molecule has 0 saturated carbocycles. The molecule has 0 aliphatic heterocycles. The molecular formula is C13H18O5. The average molecular weight is 254 g/mol. The van der Waals surface area contributed by atoms with Gasteiger partial charge in [-0.1, -0.05) is 6.92 Å². The third kappa shape index (κ3) is 3.35. The fourth-order valence-electron chi connectivity index (χ4n) is 1.68. The number of hydrogen-bond acceptors (Lipinski definition) is 5. The van der Waals surface area contributed by atoms with Crippen molar-refractivity contribution < 1.29 is 23.5 Å². The highest BCUT2D eigenvalue weighted by molar-refractivity contribution is 5.95. The van der Waals surface area contributed by atoms with Gasteiger partial charge in [0.2, 0.25) is 0 Å². The second kappa shape index (κ2) is 6.83. The van der Waals surface area contributed by atoms with E-state index in [4.69, 9.17) is 13.9 Å². The van der Waals surface area contributed by atoms with Crippen molar-refractivity contribution in [3.63, 3.8) is 0 Å². The van der Waals surface area contributed by atoms with E-state index >= 15 is 0 Å². The summed E-state index contributed by atoms with van der Waals surface area (Å²) >= 11 is 0. The molecule has 1 aromatic rings. The normalized spacial score (nSPS) is 12.2. The minimum atomic E-state index is -0.990. The monoisotopic (exact) mass is 254 g/mol. The van der Waals surface area contributed by atoms with Crippen LogP contribution in [0.5, 0.6) is 0 Å². The molecule has 0 unspecified atom stereocenters. The third-order valence-electron chi connectivity index (χ3n) is 2.57. The Balaban J connectivity index is 2.89. The second-order valence-corrected chi connectivity index (χ2v) is 3.79. The summed E-state index contributed by atoms with van der Waals surface area (Å²) in [7, 11) is 0. The first-order chi connectivity index (χ1) is 8.61. The fraction of sp³-hybridized carbons (Fsp3) is 0.538. The van der Waals surface area contributed by atoms with Gasteiger partial charge in [-0.3, -0.25) is 9.59 Å². The standard InChI is InChI=1S/C13H18O5/c1-4-16-12(14)11(13(15)17-5-2)9(3)10-7-6-8-18-10/h6-9,11H,4-5H2,1-3H3/t9-/m0/s1. The van der Waals surface area contributed by atoms with Crippen LogP contribution in [0.1, 0.15) is 32.4 Å². The van der Waals surface area contributed by atoms with Crippen molar-refractivity contribution in [3.05, 3.63) is 24.2 Å². The number of carbonyl (C=O) groups is 2. The molecule has 5 nitrogen and oxygen atoms in total. The summed E-state index contributed by atoms with van der Waals surface area (Å²) in [5, 5.41) is 0. The third-order valence-corrected chi connectivity index (χ3v) is 2.57. The molecule has 0 N–H and O–H groups in total. The maximum Gasteiger partial charge on any atom is 0.321 e. The Bertz CT molecular complexity index is 364. The highest BCUT2D eigenvalue weighted by Crippen LogP contribution is 2.27. The molecule has 18 heavy (non-hydrogen) atoms. The van der Waals surface area contributed by atoms with Crippen LogP contribution in [0.4, 0.5) is 0 Å². The maximum absolute atomic E-state index is 11.8. The smallest absolute Gasteiger partial charge is 0.321 e. The number of furan rings is 1. The summed E-state index contributed by atoms with van der Waals surface area (Å²) in [6, 6.07) is 3.43. The predicted octanol–water partition coefficient (Wildman–Crippen LogP) is 2.13. The Labute approximate surface area is 106 Å². The molecule has 1 aromatic heterocycles. The van der Waals surface area contributed by atoms with Gasteiger partial charge in [0.1, 0.15) is 5.76 Å². The van der Waals surface area contributed by atoms with Crippen LogP contribution >= 0.6 is 0 Å². The number of esters is 2. The van der Waals surface area contributed by atoms with E-state index in [1.807, 2.05) is 0 Å². The van der Waals surface area contributed by atoms with Gasteiger partial charge in [-0.05, 0) is 26.0 Å². The van der Waals surface area contributed by atoms with Crippen LogP contribution in [-0.2, 0) is 19.1 Å². The van der Waals surface area contributed by atoms with E-state index in [1.165, 1.54) is 6.26 Å². The van der Waals surface area contributed by atoms with Crippen LogP contribution in [0.2, 0.25) is 0 Å². The van der Waals surface area contributed by atoms with Crippen molar-refractivity contribution >= 4 is 11.9 Å². The molecule has 1 rings (SSSR count). The van der Waals surface area contributed by atoms with Gasteiger partial charge in [0.15, 0.2) is 5.92 Å². The zero-order chi connectivity index (χ0) is 13.5. The van der Waals surface area contributed by atoms with Crippen LogP contribution in [-0.4, -0.2) is 25.2 Å². The van der Waals surface area contributed by atoms with Crippen molar-refractivity contribution in [2.45, 2.75) is 26.7 Å². The van der Waals surface area contributed by atoms with Crippen LogP contribution in [0.3, 0.4) is 0 Å². The highest BCUT2D eigenvalue weighted by atomic mass is 16.6. The molecular weight excluding hydrogens is 236 g/mol. The summed E-state index contributed by atoms with van der Waals surface area (Å²) in [4.78, 5) is 23.7. The van der Waals surface area contributed by atoms with Crippen molar-refractivity contribution in [1.82, 2.24) is 0 Å². The van der Waals surface area contributed by atoms with Gasteiger partial charge in [-0.25, -0.2) is 0 Å². The molecule has 0 aromatic carbocycles. The number of hydrogen-bond donors (Lipinski definition) is 0. The van der Waals surface area contributed by atoms with Gasteiger partial charge in [-0.2, -0.15) is 0 Å². The lowest BCUT2D eigenvalue weighted by atomic mass is 9.92. The molecule has 100 valence electrons. The first-order valence-electron chi connectivity index (χ1n) is 5.98. The molecule has 0 bridgehead atoms. The molecule has 0 amide bonds. The van der Waals surface area contributed by atoms with Gasteiger partial charge < -0.3 is 13.9 Å². The van der Waals surface area contributed by atoms with Gasteiger partial charge >= 0.3 is 11.9 Å². The Kier molecular flexibility index (Phi) is 5.42. The lowest BCUT2D eigenvalue weighted by molar-refractivity contribution is -0.162. The lowest BCUT2D eigenvalue weighted by Gasteiger charge is -2.19. The number of carbonyl (C=O) groups excluding carboxylic acids is 2. The molecule has 0 aliphatic rings. The zero-order valence-electron chi connectivity index (χ0n) is 10.8. The lowest BCUT2D eigenvalue weighted by Crippen LogP contribution is -2.32. The van der Waals surface area contributed by atoms with E-state index < -0.39 is 23.8 Å². The van der Waals surface area contributed by atoms with Crippen LogP contribution in [0, 0.1) is 5.92 Å². The molecule has 1 heterocycles. The van der Waals surface area contributed by atoms with Gasteiger partial charge in [-0.15, -0.1) is 0 Å². The average Bonchev–Trinajstić information content (AvgIpc) is 2.83. The van der Waals surface area contributed by atoms with Crippen molar-refractivity contribution in [1.29, 1.82) is 0 Å². The van der Waals surface area contributed by atoms with E-state index in [9.17, 15) is 9.59 Å². The molecule has 0 spiro atoms. The van der Waals surface area contributed by atoms with Gasteiger partial charge in [0, 0.05) is 5.92 Å². The predicted molar refractivity (Wildman–Crippen MR) is 63.9 cm³/mol. The Morgan fingerprint density at radius 1 is 1.22 bits per heavy atom. The minimum Gasteiger partial charge on any atom is -0.469 e. The summed E-state index contributed by atoms with van der Waals surface area (Å²) in [6.07, 6.45) is 1.50. The largest absolute Gasteiger partial charge is 0.469 e. The van der Waals surface area contributed by atoms with E-state index in [1.54, 1.807) is 32.9 Å². The van der Waals surface area contributed by atoms with Crippen molar-refractivity contribution in [3.8, 4) is 0 Å². The summed E-state index contributed by atoms with van der Waals surface area (Å²) in [5.74, 6) is -2.02. The SMILES string of the molecule is CCOC(=O)C(C(=O)OCC)[C@@H](C)c1ccco1. The molecule has 0 fully saturated rings. The summed E-state index contributed by atoms with van der Waals surface area (Å²) in [6.45, 7) is 5.56. The topological polar surface area (TPSA) is 65.7 Å². The quantitative estimate of drug-likeness (QED) is 0.574. The van der Waals surface area contributed by atoms with Crippen LogP contribution < -0.4 is 0 Å². The van der Waals surface area contributed by atoms with E-state index in [-0.39, 0.29) is 13.2 Å². The Hall–Kier alpha value is -1.78. The van der Waals surface area contributed by atoms with Crippen LogP contribution in [0.15, 0.2) is 22.8 Å². The fourth-order valence-corrected chi connectivity index (χ4v) is 1.68. The first-order valence-corrected chi connectivity index (χ1v) is 5.98. The maximum atomic E-state index is 11.8. The number of rotatable bonds is 6. The summed E-state index contributed by atoms with van der Waals surface area (Å²) in [5.41, 5.74) is 0. The Morgan fingerprint density at radius 2 is 1.78 bits per heavy atom. The molecule has 0 saturated heterocycles. The first kappa shape index (κ1) is 14.3. The molecule has 0 aliphatic carbocycles. The van der Waals surface area contributed by atoms with Crippen molar-refractivity contribution in [2.75, 3.05) is 13.2 Å². The minimum absolute atomic E-state index is 0.222. The van der Waals surface area contributed by atoms with Crippen LogP contribution in [0.25, 0.3) is 0 Å². The van der Waals surface area contributed by atoms with Crippen molar-refractivity contribution in [2.24, 2.45) is 5.92 Å². The van der Waals surface area contributed by atoms with Gasteiger partial charge in [0.25, 0.3) is 0 Å². The van der Waals surface area contributed by atoms with Gasteiger partial charge in [0.05, 0.1) is 19.5 Å². The molecule has 0 radical (unpaired) electrons. The molecule has 1 atom stereocenters.